The summed E-state index contributed by atoms with van der Waals surface area (Å²) in [5, 5.41) is 8.50. The lowest BCUT2D eigenvalue weighted by atomic mass is 10.1. The van der Waals surface area contributed by atoms with Crippen LogP contribution in [0.1, 0.15) is 37.4 Å². The first-order chi connectivity index (χ1) is 10.1. The molecule has 5 heteroatoms. The van der Waals surface area contributed by atoms with Crippen molar-refractivity contribution >= 4 is 38.9 Å². The molecule has 0 spiro atoms. The summed E-state index contributed by atoms with van der Waals surface area (Å²) >= 11 is 5.17. The van der Waals surface area contributed by atoms with Gasteiger partial charge >= 0.3 is 0 Å². The normalized spacial score (nSPS) is 12.1. The molecule has 0 bridgehead atoms. The first-order valence-corrected chi connectivity index (χ1v) is 8.62. The van der Waals surface area contributed by atoms with Crippen LogP contribution in [0.4, 0.5) is 5.69 Å². The van der Waals surface area contributed by atoms with Gasteiger partial charge in [-0.3, -0.25) is 4.79 Å². The molecule has 0 saturated carbocycles. The average Bonchev–Trinajstić information content (AvgIpc) is 2.91. The Balaban J connectivity index is 1.90. The van der Waals surface area contributed by atoms with E-state index in [-0.39, 0.29) is 11.9 Å². The van der Waals surface area contributed by atoms with Crippen molar-refractivity contribution < 1.29 is 4.79 Å². The maximum absolute atomic E-state index is 11.3. The zero-order valence-electron chi connectivity index (χ0n) is 12.2. The summed E-state index contributed by atoms with van der Waals surface area (Å²) in [5.74, 6) is 0.0389. The van der Waals surface area contributed by atoms with Crippen molar-refractivity contribution in [3.8, 4) is 0 Å². The number of benzene rings is 1. The van der Waals surface area contributed by atoms with Crippen molar-refractivity contribution in [1.29, 1.82) is 0 Å². The molecular formula is C16H19BrN2OS. The molecule has 0 aliphatic rings. The molecule has 2 N–H and O–H groups in total. The van der Waals surface area contributed by atoms with E-state index in [1.807, 2.05) is 31.2 Å². The fourth-order valence-electron chi connectivity index (χ4n) is 1.93. The van der Waals surface area contributed by atoms with Crippen molar-refractivity contribution in [1.82, 2.24) is 5.32 Å². The maximum atomic E-state index is 11.3. The van der Waals surface area contributed by atoms with Crippen LogP contribution in [-0.4, -0.2) is 5.91 Å². The van der Waals surface area contributed by atoms with Crippen LogP contribution >= 0.6 is 27.3 Å². The van der Waals surface area contributed by atoms with E-state index in [2.05, 4.69) is 44.9 Å². The minimum Gasteiger partial charge on any atom is -0.326 e. The second-order valence-electron chi connectivity index (χ2n) is 4.89. The summed E-state index contributed by atoms with van der Waals surface area (Å²) in [6, 6.07) is 10.4. The third kappa shape index (κ3) is 4.95. The third-order valence-electron chi connectivity index (χ3n) is 3.25. The predicted molar refractivity (Wildman–Crippen MR) is 92.6 cm³/mol. The number of carbonyl (C=O) groups excluding carboxylic acids is 1. The van der Waals surface area contributed by atoms with Crippen molar-refractivity contribution in [3.05, 3.63) is 50.6 Å². The highest BCUT2D eigenvalue weighted by atomic mass is 79.9. The van der Waals surface area contributed by atoms with E-state index >= 15 is 0 Å². The Morgan fingerprint density at radius 2 is 2.05 bits per heavy atom. The van der Waals surface area contributed by atoms with Gasteiger partial charge in [0.25, 0.3) is 0 Å². The van der Waals surface area contributed by atoms with E-state index in [0.29, 0.717) is 6.42 Å². The van der Waals surface area contributed by atoms with E-state index in [0.717, 1.165) is 16.0 Å². The number of hydrogen-bond acceptors (Lipinski definition) is 3. The monoisotopic (exact) mass is 366 g/mol. The molecule has 0 radical (unpaired) electrons. The van der Waals surface area contributed by atoms with Gasteiger partial charge < -0.3 is 10.6 Å². The maximum Gasteiger partial charge on any atom is 0.224 e. The third-order valence-corrected chi connectivity index (χ3v) is 4.80. The molecule has 0 aliphatic carbocycles. The topological polar surface area (TPSA) is 41.1 Å². The SMILES string of the molecule is CCC(=O)Nc1ccc([C@H](C)NCc2csc(Br)c2)cc1. The summed E-state index contributed by atoms with van der Waals surface area (Å²) in [6.07, 6.45) is 0.496. The van der Waals surface area contributed by atoms with E-state index in [1.165, 1.54) is 11.1 Å². The van der Waals surface area contributed by atoms with Gasteiger partial charge in [-0.05, 0) is 57.6 Å². The van der Waals surface area contributed by atoms with Crippen LogP contribution in [-0.2, 0) is 11.3 Å². The van der Waals surface area contributed by atoms with Gasteiger partial charge in [-0.2, -0.15) is 0 Å². The highest BCUT2D eigenvalue weighted by Crippen LogP contribution is 2.22. The molecule has 21 heavy (non-hydrogen) atoms. The molecule has 1 aromatic carbocycles. The average molecular weight is 367 g/mol. The van der Waals surface area contributed by atoms with Gasteiger partial charge in [-0.25, -0.2) is 0 Å². The molecule has 1 aromatic heterocycles. The van der Waals surface area contributed by atoms with Gasteiger partial charge in [-0.15, -0.1) is 11.3 Å². The van der Waals surface area contributed by atoms with Gasteiger partial charge in [0.05, 0.1) is 3.79 Å². The smallest absolute Gasteiger partial charge is 0.224 e. The van der Waals surface area contributed by atoms with Gasteiger partial charge in [0.15, 0.2) is 0 Å². The molecule has 0 fully saturated rings. The first-order valence-electron chi connectivity index (χ1n) is 6.94. The number of halogens is 1. The Labute approximate surface area is 137 Å². The number of nitrogens with one attached hydrogen (secondary N) is 2. The number of anilines is 1. The van der Waals surface area contributed by atoms with Crippen LogP contribution in [0.15, 0.2) is 39.5 Å². The molecule has 2 rings (SSSR count). The second kappa shape index (κ2) is 7.73. The first kappa shape index (κ1) is 16.2. The Kier molecular flexibility index (Phi) is 5.96. The summed E-state index contributed by atoms with van der Waals surface area (Å²) in [4.78, 5) is 11.3. The van der Waals surface area contributed by atoms with Crippen LogP contribution < -0.4 is 10.6 Å². The van der Waals surface area contributed by atoms with Crippen LogP contribution in [0.3, 0.4) is 0 Å². The van der Waals surface area contributed by atoms with Crippen molar-refractivity contribution in [3.63, 3.8) is 0 Å². The van der Waals surface area contributed by atoms with E-state index < -0.39 is 0 Å². The molecule has 1 atom stereocenters. The Bertz CT molecular complexity index is 595. The van der Waals surface area contributed by atoms with Crippen LogP contribution in [0.25, 0.3) is 0 Å². The number of hydrogen-bond donors (Lipinski definition) is 2. The van der Waals surface area contributed by atoms with E-state index in [4.69, 9.17) is 0 Å². The summed E-state index contributed by atoms with van der Waals surface area (Å²) < 4.78 is 1.16. The van der Waals surface area contributed by atoms with Crippen molar-refractivity contribution in [2.24, 2.45) is 0 Å². The molecule has 0 unspecified atom stereocenters. The van der Waals surface area contributed by atoms with Gasteiger partial charge in [-0.1, -0.05) is 19.1 Å². The van der Waals surface area contributed by atoms with Crippen LogP contribution in [0.5, 0.6) is 0 Å². The van der Waals surface area contributed by atoms with Crippen LogP contribution in [0, 0.1) is 0 Å². The largest absolute Gasteiger partial charge is 0.326 e. The predicted octanol–water partition coefficient (Wildman–Crippen LogP) is 4.71. The number of carbonyl (C=O) groups is 1. The van der Waals surface area contributed by atoms with Crippen molar-refractivity contribution in [2.45, 2.75) is 32.9 Å². The highest BCUT2D eigenvalue weighted by Gasteiger charge is 2.06. The standard InChI is InChI=1S/C16H19BrN2OS/c1-3-16(20)19-14-6-4-13(5-7-14)11(2)18-9-12-8-15(17)21-10-12/h4-8,10-11,18H,3,9H2,1-2H3,(H,19,20)/t11-/m0/s1. The van der Waals surface area contributed by atoms with Gasteiger partial charge in [0, 0.05) is 24.7 Å². The zero-order chi connectivity index (χ0) is 15.2. The Morgan fingerprint density at radius 1 is 1.33 bits per heavy atom. The lowest BCUT2D eigenvalue weighted by Gasteiger charge is -2.14. The van der Waals surface area contributed by atoms with Crippen molar-refractivity contribution in [2.75, 3.05) is 5.32 Å². The Morgan fingerprint density at radius 3 is 2.62 bits per heavy atom. The summed E-state index contributed by atoms with van der Waals surface area (Å²) in [5.41, 5.74) is 3.34. The van der Waals surface area contributed by atoms with Crippen LogP contribution in [0.2, 0.25) is 0 Å². The van der Waals surface area contributed by atoms with Gasteiger partial charge in [0.1, 0.15) is 0 Å². The number of amides is 1. The van der Waals surface area contributed by atoms with E-state index in [1.54, 1.807) is 11.3 Å². The summed E-state index contributed by atoms with van der Waals surface area (Å²) in [6.45, 7) is 4.83. The molecule has 3 nitrogen and oxygen atoms in total. The minimum absolute atomic E-state index is 0.0389. The molecular weight excluding hydrogens is 348 g/mol. The Hall–Kier alpha value is -1.17. The molecule has 112 valence electrons. The molecule has 2 aromatic rings. The fourth-order valence-corrected chi connectivity index (χ4v) is 3.14. The molecule has 1 heterocycles. The lowest BCUT2D eigenvalue weighted by Crippen LogP contribution is -2.17. The minimum atomic E-state index is 0.0389. The second-order valence-corrected chi connectivity index (χ2v) is 7.18. The molecule has 0 saturated heterocycles. The zero-order valence-corrected chi connectivity index (χ0v) is 14.6. The number of rotatable bonds is 6. The molecule has 0 aliphatic heterocycles. The van der Waals surface area contributed by atoms with E-state index in [9.17, 15) is 4.79 Å². The highest BCUT2D eigenvalue weighted by molar-refractivity contribution is 9.11. The quantitative estimate of drug-likeness (QED) is 0.776. The summed E-state index contributed by atoms with van der Waals surface area (Å²) in [7, 11) is 0. The lowest BCUT2D eigenvalue weighted by molar-refractivity contribution is -0.115. The molecule has 1 amide bonds. The fraction of sp³-hybridized carbons (Fsp3) is 0.312. The number of thiophene rings is 1. The van der Waals surface area contributed by atoms with Gasteiger partial charge in [0.2, 0.25) is 5.91 Å².